The van der Waals surface area contributed by atoms with E-state index in [1.165, 1.54) is 23.1 Å². The summed E-state index contributed by atoms with van der Waals surface area (Å²) in [6, 6.07) is 28.8. The van der Waals surface area contributed by atoms with Gasteiger partial charge >= 0.3 is 158 Å². The van der Waals surface area contributed by atoms with Gasteiger partial charge in [-0.3, -0.25) is 0 Å². The molecule has 3 aromatic rings. The molecule has 2 heteroatoms. The molecule has 0 radical (unpaired) electrons. The SMILES string of the molecule is Cc1ccccc1[Se]C(Cc1ccccc1)[Se]c1ccccc1C. The molecule has 24 heavy (non-hydrogen) atoms. The maximum absolute atomic E-state index is 2.32. The Hall–Kier alpha value is -1.30. The summed E-state index contributed by atoms with van der Waals surface area (Å²) in [5, 5.41) is 0. The van der Waals surface area contributed by atoms with E-state index in [-0.39, 0.29) is 0 Å². The number of hydrogen-bond donors (Lipinski definition) is 0. The zero-order chi connectivity index (χ0) is 16.8. The van der Waals surface area contributed by atoms with E-state index in [0.717, 1.165) is 3.71 Å². The molecular formula is C22H22Se2. The molecule has 0 bridgehead atoms. The summed E-state index contributed by atoms with van der Waals surface area (Å²) in [6.45, 7) is 4.49. The van der Waals surface area contributed by atoms with Gasteiger partial charge in [0.2, 0.25) is 0 Å². The molecule has 3 rings (SSSR count). The summed E-state index contributed by atoms with van der Waals surface area (Å²) < 4.78 is 3.86. The van der Waals surface area contributed by atoms with Crippen molar-refractivity contribution in [2.45, 2.75) is 24.0 Å². The molecule has 122 valence electrons. The van der Waals surface area contributed by atoms with E-state index in [1.807, 2.05) is 0 Å². The molecule has 0 aromatic heterocycles. The van der Waals surface area contributed by atoms with E-state index < -0.39 is 0 Å². The van der Waals surface area contributed by atoms with Crippen LogP contribution >= 0.6 is 0 Å². The second-order valence-electron chi connectivity index (χ2n) is 5.89. The van der Waals surface area contributed by atoms with Gasteiger partial charge in [-0.25, -0.2) is 0 Å². The van der Waals surface area contributed by atoms with E-state index in [9.17, 15) is 0 Å². The van der Waals surface area contributed by atoms with Crippen molar-refractivity contribution in [2.24, 2.45) is 0 Å². The van der Waals surface area contributed by atoms with Gasteiger partial charge in [0.1, 0.15) is 0 Å². The Kier molecular flexibility index (Phi) is 6.35. The molecule has 0 aliphatic heterocycles. The van der Waals surface area contributed by atoms with Crippen molar-refractivity contribution in [3.05, 3.63) is 95.6 Å². The topological polar surface area (TPSA) is 0 Å². The van der Waals surface area contributed by atoms with E-state index in [0.29, 0.717) is 29.9 Å². The number of hydrogen-bond acceptors (Lipinski definition) is 0. The first-order valence-corrected chi connectivity index (χ1v) is 11.9. The first-order chi connectivity index (χ1) is 11.7. The molecule has 0 saturated heterocycles. The van der Waals surface area contributed by atoms with Crippen LogP contribution in [0.4, 0.5) is 0 Å². The van der Waals surface area contributed by atoms with E-state index in [2.05, 4.69) is 92.7 Å². The third kappa shape index (κ3) is 4.85. The van der Waals surface area contributed by atoms with E-state index in [1.54, 1.807) is 8.92 Å². The number of benzene rings is 3. The quantitative estimate of drug-likeness (QED) is 0.510. The van der Waals surface area contributed by atoms with Gasteiger partial charge in [-0.15, -0.1) is 0 Å². The van der Waals surface area contributed by atoms with Gasteiger partial charge in [0.25, 0.3) is 0 Å². The number of rotatable bonds is 6. The summed E-state index contributed by atoms with van der Waals surface area (Å²) in [5.74, 6) is 0. The van der Waals surface area contributed by atoms with Crippen LogP contribution in [0.15, 0.2) is 78.9 Å². The summed E-state index contributed by atoms with van der Waals surface area (Å²) in [7, 11) is 0. The average Bonchev–Trinajstić information content (AvgIpc) is 2.60. The molecular weight excluding hydrogens is 422 g/mol. The van der Waals surface area contributed by atoms with Crippen LogP contribution in [-0.2, 0) is 6.42 Å². The second-order valence-corrected chi connectivity index (χ2v) is 12.6. The first kappa shape index (κ1) is 17.5. The minimum absolute atomic E-state index is 0.503. The molecule has 0 heterocycles. The summed E-state index contributed by atoms with van der Waals surface area (Å²) in [6.07, 6.45) is 1.18. The van der Waals surface area contributed by atoms with Crippen molar-refractivity contribution in [3.63, 3.8) is 0 Å². The zero-order valence-electron chi connectivity index (χ0n) is 14.1. The molecule has 3 aromatic carbocycles. The molecule has 0 unspecified atom stereocenters. The Bertz CT molecular complexity index is 733. The Morgan fingerprint density at radius 2 is 1.08 bits per heavy atom. The molecule has 0 N–H and O–H groups in total. The standard InChI is InChI=1S/C22H22Se2/c1-17-10-6-8-14-20(17)23-22(16-19-12-4-3-5-13-19)24-21-15-9-7-11-18(21)2/h3-15,22H,16H2,1-2H3. The molecule has 0 nitrogen and oxygen atoms in total. The Morgan fingerprint density at radius 1 is 0.625 bits per heavy atom. The summed E-state index contributed by atoms with van der Waals surface area (Å²) in [4.78, 5) is 0. The van der Waals surface area contributed by atoms with Crippen molar-refractivity contribution in [1.29, 1.82) is 0 Å². The molecule has 0 amide bonds. The average molecular weight is 444 g/mol. The van der Waals surface area contributed by atoms with Crippen molar-refractivity contribution in [3.8, 4) is 0 Å². The fourth-order valence-electron chi connectivity index (χ4n) is 2.57. The normalized spacial score (nSPS) is 11.0. The third-order valence-corrected chi connectivity index (χ3v) is 10.8. The summed E-state index contributed by atoms with van der Waals surface area (Å²) in [5.41, 5.74) is 4.35. The van der Waals surface area contributed by atoms with E-state index in [4.69, 9.17) is 0 Å². The van der Waals surface area contributed by atoms with Gasteiger partial charge in [0, 0.05) is 0 Å². The van der Waals surface area contributed by atoms with Crippen molar-refractivity contribution in [2.75, 3.05) is 0 Å². The molecule has 0 fully saturated rings. The minimum atomic E-state index is 0.503. The van der Waals surface area contributed by atoms with Crippen LogP contribution in [0.25, 0.3) is 0 Å². The van der Waals surface area contributed by atoms with Crippen LogP contribution < -0.4 is 8.92 Å². The van der Waals surface area contributed by atoms with Gasteiger partial charge in [0.05, 0.1) is 0 Å². The number of aryl methyl sites for hydroxylation is 2. The third-order valence-electron chi connectivity index (χ3n) is 3.95. The predicted molar refractivity (Wildman–Crippen MR) is 107 cm³/mol. The maximum atomic E-state index is 2.32. The molecule has 0 saturated carbocycles. The monoisotopic (exact) mass is 446 g/mol. The van der Waals surface area contributed by atoms with Gasteiger partial charge < -0.3 is 0 Å². The molecule has 0 spiro atoms. The van der Waals surface area contributed by atoms with E-state index >= 15 is 0 Å². The van der Waals surface area contributed by atoms with Crippen LogP contribution in [0.2, 0.25) is 3.71 Å². The van der Waals surface area contributed by atoms with Gasteiger partial charge in [0.15, 0.2) is 0 Å². The van der Waals surface area contributed by atoms with Gasteiger partial charge in [-0.1, -0.05) is 0 Å². The Balaban J connectivity index is 1.83. The second kappa shape index (κ2) is 8.69. The fourth-order valence-corrected chi connectivity index (χ4v) is 9.53. The van der Waals surface area contributed by atoms with Crippen molar-refractivity contribution >= 4 is 38.8 Å². The van der Waals surface area contributed by atoms with Crippen LogP contribution in [-0.4, -0.2) is 29.9 Å². The molecule has 0 aliphatic rings. The van der Waals surface area contributed by atoms with Crippen LogP contribution in [0.5, 0.6) is 0 Å². The Labute approximate surface area is 158 Å². The van der Waals surface area contributed by atoms with Gasteiger partial charge in [-0.2, -0.15) is 0 Å². The van der Waals surface area contributed by atoms with Crippen LogP contribution in [0, 0.1) is 13.8 Å². The van der Waals surface area contributed by atoms with Crippen molar-refractivity contribution < 1.29 is 0 Å². The van der Waals surface area contributed by atoms with Crippen molar-refractivity contribution in [1.82, 2.24) is 0 Å². The zero-order valence-corrected chi connectivity index (χ0v) is 17.5. The molecule has 0 aliphatic carbocycles. The fraction of sp³-hybridized carbons (Fsp3) is 0.182. The summed E-state index contributed by atoms with van der Waals surface area (Å²) >= 11 is 1.01. The predicted octanol–water partition coefficient (Wildman–Crippen LogP) is 3.65. The first-order valence-electron chi connectivity index (χ1n) is 8.21. The Morgan fingerprint density at radius 3 is 1.58 bits per heavy atom. The van der Waals surface area contributed by atoms with Crippen LogP contribution in [0.3, 0.4) is 0 Å². The van der Waals surface area contributed by atoms with Crippen LogP contribution in [0.1, 0.15) is 16.7 Å². The van der Waals surface area contributed by atoms with Gasteiger partial charge in [-0.05, 0) is 0 Å². The molecule has 0 atom stereocenters.